The fourth-order valence-electron chi connectivity index (χ4n) is 3.85. The number of hydrogen-bond acceptors (Lipinski definition) is 2. The molecule has 2 aromatic rings. The maximum atomic E-state index is 12.6. The van der Waals surface area contributed by atoms with Crippen LogP contribution in [-0.4, -0.2) is 13.0 Å². The zero-order chi connectivity index (χ0) is 18.2. The molecule has 0 bridgehead atoms. The highest BCUT2D eigenvalue weighted by molar-refractivity contribution is 5.77. The molecule has 1 N–H and O–H groups in total. The molecular formula is C23H29NO2. The first-order valence-corrected chi connectivity index (χ1v) is 9.74. The first-order valence-electron chi connectivity index (χ1n) is 9.74. The van der Waals surface area contributed by atoms with Gasteiger partial charge in [-0.3, -0.25) is 4.79 Å². The number of methoxy groups -OCH3 is 1. The summed E-state index contributed by atoms with van der Waals surface area (Å²) in [6, 6.07) is 18.0. The van der Waals surface area contributed by atoms with E-state index in [2.05, 4.69) is 17.4 Å². The van der Waals surface area contributed by atoms with E-state index in [1.807, 2.05) is 42.5 Å². The van der Waals surface area contributed by atoms with Crippen LogP contribution in [0, 0.1) is 5.92 Å². The lowest BCUT2D eigenvalue weighted by atomic mass is 9.86. The summed E-state index contributed by atoms with van der Waals surface area (Å²) in [5, 5.41) is 3.25. The van der Waals surface area contributed by atoms with E-state index >= 15 is 0 Å². The molecule has 0 aliphatic heterocycles. The molecular weight excluding hydrogens is 322 g/mol. The van der Waals surface area contributed by atoms with Crippen molar-refractivity contribution in [1.29, 1.82) is 0 Å². The van der Waals surface area contributed by atoms with Gasteiger partial charge >= 0.3 is 0 Å². The molecule has 1 amide bonds. The van der Waals surface area contributed by atoms with Gasteiger partial charge in [0.15, 0.2) is 0 Å². The van der Waals surface area contributed by atoms with Crippen molar-refractivity contribution in [3.63, 3.8) is 0 Å². The van der Waals surface area contributed by atoms with Crippen molar-refractivity contribution in [2.45, 2.75) is 51.0 Å². The van der Waals surface area contributed by atoms with Crippen molar-refractivity contribution in [2.75, 3.05) is 7.11 Å². The van der Waals surface area contributed by atoms with Crippen LogP contribution >= 0.6 is 0 Å². The van der Waals surface area contributed by atoms with Crippen molar-refractivity contribution in [1.82, 2.24) is 5.32 Å². The van der Waals surface area contributed by atoms with Gasteiger partial charge in [-0.1, -0.05) is 74.6 Å². The number of carbonyl (C=O) groups is 1. The quantitative estimate of drug-likeness (QED) is 0.739. The van der Waals surface area contributed by atoms with Gasteiger partial charge in [0.25, 0.3) is 0 Å². The number of ether oxygens (including phenoxy) is 1. The summed E-state index contributed by atoms with van der Waals surface area (Å²) in [4.78, 5) is 12.6. The molecule has 138 valence electrons. The van der Waals surface area contributed by atoms with Crippen molar-refractivity contribution in [3.05, 3.63) is 65.7 Å². The molecule has 1 saturated carbocycles. The monoisotopic (exact) mass is 351 g/mol. The summed E-state index contributed by atoms with van der Waals surface area (Å²) >= 11 is 0. The second kappa shape index (κ2) is 9.42. The second-order valence-corrected chi connectivity index (χ2v) is 7.23. The van der Waals surface area contributed by atoms with Gasteiger partial charge in [-0.15, -0.1) is 0 Å². The average Bonchev–Trinajstić information content (AvgIpc) is 2.72. The van der Waals surface area contributed by atoms with E-state index < -0.39 is 0 Å². The Morgan fingerprint density at radius 3 is 2.31 bits per heavy atom. The Morgan fingerprint density at radius 2 is 1.65 bits per heavy atom. The van der Waals surface area contributed by atoms with Crippen LogP contribution in [0.1, 0.15) is 62.1 Å². The Bertz CT molecular complexity index is 675. The first-order chi connectivity index (χ1) is 12.8. The molecule has 1 atom stereocenters. The molecule has 3 heteroatoms. The first kappa shape index (κ1) is 18.5. The maximum absolute atomic E-state index is 12.6. The maximum Gasteiger partial charge on any atom is 0.220 e. The summed E-state index contributed by atoms with van der Waals surface area (Å²) < 4.78 is 5.25. The van der Waals surface area contributed by atoms with Gasteiger partial charge in [0.05, 0.1) is 13.2 Å². The van der Waals surface area contributed by atoms with E-state index in [0.717, 1.165) is 29.2 Å². The Kier molecular flexibility index (Phi) is 6.70. The van der Waals surface area contributed by atoms with Gasteiger partial charge < -0.3 is 10.1 Å². The largest absolute Gasteiger partial charge is 0.497 e. The molecule has 0 heterocycles. The number of carbonyl (C=O) groups excluding carboxylic acids is 1. The van der Waals surface area contributed by atoms with E-state index in [1.54, 1.807) is 7.11 Å². The lowest BCUT2D eigenvalue weighted by Gasteiger charge is -2.23. The summed E-state index contributed by atoms with van der Waals surface area (Å²) in [6.07, 6.45) is 8.20. The lowest BCUT2D eigenvalue weighted by Crippen LogP contribution is -2.29. The van der Waals surface area contributed by atoms with E-state index in [4.69, 9.17) is 4.74 Å². The molecule has 1 aliphatic rings. The molecule has 0 aromatic heterocycles. The lowest BCUT2D eigenvalue weighted by molar-refractivity contribution is -0.121. The average molecular weight is 351 g/mol. The standard InChI is InChI=1S/C23H29NO2/c1-26-21-15-13-20(14-16-21)23(19-10-6-3-7-11-19)24-22(25)17-12-18-8-4-2-5-9-18/h3,6-7,10-11,13-16,18,23H,2,4-5,8-9,12,17H2,1H3,(H,24,25). The predicted octanol–water partition coefficient (Wildman–Crippen LogP) is 5.26. The highest BCUT2D eigenvalue weighted by Crippen LogP contribution is 2.28. The summed E-state index contributed by atoms with van der Waals surface area (Å²) in [7, 11) is 1.66. The Hall–Kier alpha value is -2.29. The SMILES string of the molecule is COc1ccc(C(NC(=O)CCC2CCCCC2)c2ccccc2)cc1. The topological polar surface area (TPSA) is 38.3 Å². The number of rotatable bonds is 7. The molecule has 1 aliphatic carbocycles. The molecule has 1 unspecified atom stereocenters. The Balaban J connectivity index is 1.67. The zero-order valence-corrected chi connectivity index (χ0v) is 15.6. The number of nitrogens with one attached hydrogen (secondary N) is 1. The van der Waals surface area contributed by atoms with Crippen LogP contribution in [0.15, 0.2) is 54.6 Å². The van der Waals surface area contributed by atoms with Crippen LogP contribution in [-0.2, 0) is 4.79 Å². The van der Waals surface area contributed by atoms with Crippen LogP contribution in [0.2, 0.25) is 0 Å². The number of amides is 1. The Labute approximate surface area is 156 Å². The minimum Gasteiger partial charge on any atom is -0.497 e. The highest BCUT2D eigenvalue weighted by atomic mass is 16.5. The van der Waals surface area contributed by atoms with Crippen LogP contribution in [0.25, 0.3) is 0 Å². The molecule has 0 spiro atoms. The van der Waals surface area contributed by atoms with E-state index in [9.17, 15) is 4.79 Å². The zero-order valence-electron chi connectivity index (χ0n) is 15.6. The van der Waals surface area contributed by atoms with Crippen molar-refractivity contribution in [2.24, 2.45) is 5.92 Å². The molecule has 26 heavy (non-hydrogen) atoms. The Morgan fingerprint density at radius 1 is 1.00 bits per heavy atom. The molecule has 0 saturated heterocycles. The summed E-state index contributed by atoms with van der Waals surface area (Å²) in [6.45, 7) is 0. The van der Waals surface area contributed by atoms with Crippen LogP contribution in [0.3, 0.4) is 0 Å². The minimum atomic E-state index is -0.124. The van der Waals surface area contributed by atoms with Gasteiger partial charge in [-0.25, -0.2) is 0 Å². The summed E-state index contributed by atoms with van der Waals surface area (Å²) in [5.74, 6) is 1.69. The van der Waals surface area contributed by atoms with Crippen molar-refractivity contribution >= 4 is 5.91 Å². The van der Waals surface area contributed by atoms with Gasteiger partial charge in [-0.2, -0.15) is 0 Å². The minimum absolute atomic E-state index is 0.124. The third-order valence-electron chi connectivity index (χ3n) is 5.39. The number of benzene rings is 2. The second-order valence-electron chi connectivity index (χ2n) is 7.23. The fraction of sp³-hybridized carbons (Fsp3) is 0.435. The van der Waals surface area contributed by atoms with Gasteiger partial charge in [-0.05, 0) is 35.6 Å². The van der Waals surface area contributed by atoms with Gasteiger partial charge in [0.1, 0.15) is 5.75 Å². The normalized spacial score (nSPS) is 16.0. The van der Waals surface area contributed by atoms with Gasteiger partial charge in [0.2, 0.25) is 5.91 Å². The molecule has 0 radical (unpaired) electrons. The van der Waals surface area contributed by atoms with E-state index in [0.29, 0.717) is 6.42 Å². The highest BCUT2D eigenvalue weighted by Gasteiger charge is 2.19. The molecule has 3 rings (SSSR count). The summed E-state index contributed by atoms with van der Waals surface area (Å²) in [5.41, 5.74) is 2.17. The molecule has 2 aromatic carbocycles. The fourth-order valence-corrected chi connectivity index (χ4v) is 3.85. The predicted molar refractivity (Wildman–Crippen MR) is 105 cm³/mol. The van der Waals surface area contributed by atoms with Crippen LogP contribution in [0.5, 0.6) is 5.75 Å². The molecule has 3 nitrogen and oxygen atoms in total. The van der Waals surface area contributed by atoms with E-state index in [1.165, 1.54) is 32.1 Å². The van der Waals surface area contributed by atoms with Crippen molar-refractivity contribution < 1.29 is 9.53 Å². The van der Waals surface area contributed by atoms with Crippen LogP contribution < -0.4 is 10.1 Å². The van der Waals surface area contributed by atoms with Gasteiger partial charge in [0, 0.05) is 6.42 Å². The van der Waals surface area contributed by atoms with Crippen LogP contribution in [0.4, 0.5) is 0 Å². The third kappa shape index (κ3) is 5.10. The van der Waals surface area contributed by atoms with Crippen molar-refractivity contribution in [3.8, 4) is 5.75 Å². The third-order valence-corrected chi connectivity index (χ3v) is 5.39. The van der Waals surface area contributed by atoms with E-state index in [-0.39, 0.29) is 11.9 Å². The number of hydrogen-bond donors (Lipinski definition) is 1. The smallest absolute Gasteiger partial charge is 0.220 e. The molecule has 1 fully saturated rings.